The zero-order valence-electron chi connectivity index (χ0n) is 17.5. The number of nitrogens with zero attached hydrogens (tertiary/aromatic N) is 4. The van der Waals surface area contributed by atoms with Gasteiger partial charge in [0, 0.05) is 24.3 Å². The smallest absolute Gasteiger partial charge is 0.224 e. The summed E-state index contributed by atoms with van der Waals surface area (Å²) in [5.74, 6) is 1.00. The first-order valence-corrected chi connectivity index (χ1v) is 9.77. The van der Waals surface area contributed by atoms with Crippen LogP contribution in [0.25, 0.3) is 11.0 Å². The average molecular weight is 383 g/mol. The molecule has 0 unspecified atom stereocenters. The van der Waals surface area contributed by atoms with Crippen LogP contribution in [0.5, 0.6) is 0 Å². The lowest BCUT2D eigenvalue weighted by Crippen LogP contribution is -2.15. The van der Waals surface area contributed by atoms with Crippen molar-refractivity contribution in [1.29, 1.82) is 0 Å². The van der Waals surface area contributed by atoms with E-state index in [4.69, 9.17) is 0 Å². The molecular weight excluding hydrogens is 352 g/mol. The number of amides is 1. The molecule has 0 saturated heterocycles. The maximum Gasteiger partial charge on any atom is 0.224 e. The van der Waals surface area contributed by atoms with Gasteiger partial charge in [-0.3, -0.25) is 9.89 Å². The lowest BCUT2D eigenvalue weighted by molar-refractivity contribution is -0.116. The third-order valence-electron chi connectivity index (χ3n) is 5.09. The minimum absolute atomic E-state index is 0.00138. The van der Waals surface area contributed by atoms with E-state index in [9.17, 15) is 4.79 Å². The summed E-state index contributed by atoms with van der Waals surface area (Å²) >= 11 is 0. The Balaban J connectivity index is 1.64. The SMILES string of the molecule is Cc1n[nH]c(C)c1CCC(=O)Nc1ccc2c(c1)nc(C)n2CCCN(C)C. The summed E-state index contributed by atoms with van der Waals surface area (Å²) in [6, 6.07) is 5.96. The summed E-state index contributed by atoms with van der Waals surface area (Å²) < 4.78 is 2.24. The molecule has 0 aliphatic carbocycles. The lowest BCUT2D eigenvalue weighted by Gasteiger charge is -2.11. The van der Waals surface area contributed by atoms with Crippen LogP contribution in [0, 0.1) is 20.8 Å². The Morgan fingerprint density at radius 3 is 2.71 bits per heavy atom. The number of rotatable bonds is 8. The number of hydrogen-bond acceptors (Lipinski definition) is 4. The van der Waals surface area contributed by atoms with Crippen molar-refractivity contribution in [2.24, 2.45) is 0 Å². The van der Waals surface area contributed by atoms with Crippen LogP contribution in [-0.4, -0.2) is 51.2 Å². The Kier molecular flexibility index (Phi) is 6.14. The number of benzene rings is 1. The van der Waals surface area contributed by atoms with E-state index in [1.165, 1.54) is 0 Å². The summed E-state index contributed by atoms with van der Waals surface area (Å²) in [6.07, 6.45) is 2.18. The van der Waals surface area contributed by atoms with Crippen LogP contribution in [0.4, 0.5) is 5.69 Å². The molecule has 7 nitrogen and oxygen atoms in total. The number of nitrogens with one attached hydrogen (secondary N) is 2. The van der Waals surface area contributed by atoms with E-state index in [2.05, 4.69) is 44.1 Å². The van der Waals surface area contributed by atoms with Crippen LogP contribution in [0.15, 0.2) is 18.2 Å². The van der Waals surface area contributed by atoms with E-state index in [0.29, 0.717) is 12.8 Å². The zero-order valence-corrected chi connectivity index (χ0v) is 17.5. The summed E-state index contributed by atoms with van der Waals surface area (Å²) in [5.41, 5.74) is 5.93. The summed E-state index contributed by atoms with van der Waals surface area (Å²) in [4.78, 5) is 19.2. The second kappa shape index (κ2) is 8.56. The van der Waals surface area contributed by atoms with Gasteiger partial charge in [-0.25, -0.2) is 4.98 Å². The number of imidazole rings is 1. The molecule has 3 rings (SSSR count). The van der Waals surface area contributed by atoms with Crippen LogP contribution >= 0.6 is 0 Å². The fourth-order valence-electron chi connectivity index (χ4n) is 3.56. The van der Waals surface area contributed by atoms with Crippen LogP contribution in [-0.2, 0) is 17.8 Å². The van der Waals surface area contributed by atoms with Crippen molar-refractivity contribution < 1.29 is 4.79 Å². The number of fused-ring (bicyclic) bond motifs is 1. The minimum Gasteiger partial charge on any atom is -0.328 e. The van der Waals surface area contributed by atoms with E-state index in [1.807, 2.05) is 39.0 Å². The first-order valence-electron chi connectivity index (χ1n) is 9.77. The van der Waals surface area contributed by atoms with Gasteiger partial charge >= 0.3 is 0 Å². The molecule has 0 atom stereocenters. The van der Waals surface area contributed by atoms with Gasteiger partial charge in [-0.1, -0.05) is 0 Å². The minimum atomic E-state index is 0.00138. The lowest BCUT2D eigenvalue weighted by atomic mass is 10.1. The summed E-state index contributed by atoms with van der Waals surface area (Å²) in [5, 5.41) is 10.1. The fourth-order valence-corrected chi connectivity index (χ4v) is 3.56. The molecule has 0 aliphatic rings. The number of H-pyrrole nitrogens is 1. The summed E-state index contributed by atoms with van der Waals surface area (Å²) in [6.45, 7) is 7.96. The molecule has 150 valence electrons. The number of hydrogen-bond donors (Lipinski definition) is 2. The quantitative estimate of drug-likeness (QED) is 0.627. The highest BCUT2D eigenvalue weighted by atomic mass is 16.1. The van der Waals surface area contributed by atoms with Gasteiger partial charge in [0.25, 0.3) is 0 Å². The topological polar surface area (TPSA) is 78.8 Å². The average Bonchev–Trinajstić information content (AvgIpc) is 3.11. The Hall–Kier alpha value is -2.67. The van der Waals surface area contributed by atoms with Gasteiger partial charge in [0.15, 0.2) is 0 Å². The Bertz CT molecular complexity index is 949. The molecule has 2 heterocycles. The van der Waals surface area contributed by atoms with E-state index in [1.54, 1.807) is 0 Å². The molecule has 0 bridgehead atoms. The molecule has 1 amide bonds. The number of aromatic amines is 1. The molecule has 3 aromatic rings. The van der Waals surface area contributed by atoms with Gasteiger partial charge in [-0.15, -0.1) is 0 Å². The predicted octanol–water partition coefficient (Wildman–Crippen LogP) is 3.21. The molecule has 0 fully saturated rings. The molecule has 0 radical (unpaired) electrons. The third-order valence-corrected chi connectivity index (χ3v) is 5.09. The van der Waals surface area contributed by atoms with E-state index >= 15 is 0 Å². The second-order valence-electron chi connectivity index (χ2n) is 7.63. The van der Waals surface area contributed by atoms with Gasteiger partial charge in [0.2, 0.25) is 5.91 Å². The van der Waals surface area contributed by atoms with Crippen molar-refractivity contribution in [2.45, 2.75) is 46.6 Å². The van der Waals surface area contributed by atoms with Crippen molar-refractivity contribution in [2.75, 3.05) is 26.0 Å². The molecule has 28 heavy (non-hydrogen) atoms. The van der Waals surface area contributed by atoms with E-state index in [0.717, 1.165) is 59.0 Å². The highest BCUT2D eigenvalue weighted by Crippen LogP contribution is 2.21. The van der Waals surface area contributed by atoms with Crippen LogP contribution in [0.2, 0.25) is 0 Å². The van der Waals surface area contributed by atoms with Gasteiger partial charge < -0.3 is 14.8 Å². The monoisotopic (exact) mass is 382 g/mol. The van der Waals surface area contributed by atoms with E-state index < -0.39 is 0 Å². The third kappa shape index (κ3) is 4.59. The molecule has 0 spiro atoms. The number of carbonyl (C=O) groups excluding carboxylic acids is 1. The van der Waals surface area contributed by atoms with Crippen molar-refractivity contribution in [1.82, 2.24) is 24.6 Å². The largest absolute Gasteiger partial charge is 0.328 e. The zero-order chi connectivity index (χ0) is 20.3. The molecular formula is C21H30N6O. The van der Waals surface area contributed by atoms with E-state index in [-0.39, 0.29) is 5.91 Å². The first kappa shape index (κ1) is 20.1. The van der Waals surface area contributed by atoms with Crippen molar-refractivity contribution in [3.63, 3.8) is 0 Å². The summed E-state index contributed by atoms with van der Waals surface area (Å²) in [7, 11) is 4.17. The van der Waals surface area contributed by atoms with Crippen molar-refractivity contribution in [3.05, 3.63) is 41.0 Å². The number of aromatic nitrogens is 4. The molecule has 2 N–H and O–H groups in total. The molecule has 1 aromatic carbocycles. The molecule has 7 heteroatoms. The van der Waals surface area contributed by atoms with Gasteiger partial charge in [-0.2, -0.15) is 5.10 Å². The van der Waals surface area contributed by atoms with Crippen molar-refractivity contribution in [3.8, 4) is 0 Å². The number of carbonyl (C=O) groups is 1. The normalized spacial score (nSPS) is 11.5. The predicted molar refractivity (Wildman–Crippen MR) is 113 cm³/mol. The fraction of sp³-hybridized carbons (Fsp3) is 0.476. The maximum atomic E-state index is 12.4. The molecule has 2 aromatic heterocycles. The molecule has 0 saturated carbocycles. The highest BCUT2D eigenvalue weighted by molar-refractivity contribution is 5.93. The number of anilines is 1. The van der Waals surface area contributed by atoms with Crippen LogP contribution in [0.3, 0.4) is 0 Å². The van der Waals surface area contributed by atoms with Gasteiger partial charge in [-0.05, 0) is 78.0 Å². The van der Waals surface area contributed by atoms with Crippen LogP contribution < -0.4 is 5.32 Å². The Labute approximate surface area is 166 Å². The Morgan fingerprint density at radius 2 is 2.04 bits per heavy atom. The Morgan fingerprint density at radius 1 is 1.25 bits per heavy atom. The second-order valence-corrected chi connectivity index (χ2v) is 7.63. The van der Waals surface area contributed by atoms with Gasteiger partial charge in [0.1, 0.15) is 5.82 Å². The maximum absolute atomic E-state index is 12.4. The molecule has 0 aliphatic heterocycles. The van der Waals surface area contributed by atoms with Crippen LogP contribution in [0.1, 0.15) is 35.6 Å². The first-order chi connectivity index (χ1) is 13.3. The standard InChI is InChI=1S/C21H30N6O/c1-14-18(15(2)25-24-14)8-10-21(28)23-17-7-9-20-19(13-17)22-16(3)27(20)12-6-11-26(4)5/h7,9,13H,6,8,10-12H2,1-5H3,(H,23,28)(H,24,25). The number of aryl methyl sites for hydroxylation is 4. The van der Waals surface area contributed by atoms with Crippen molar-refractivity contribution >= 4 is 22.6 Å². The highest BCUT2D eigenvalue weighted by Gasteiger charge is 2.12. The van der Waals surface area contributed by atoms with Gasteiger partial charge in [0.05, 0.1) is 16.7 Å².